The Hall–Kier alpha value is -5.02. The Morgan fingerprint density at radius 3 is 2.12 bits per heavy atom. The van der Waals surface area contributed by atoms with Crippen LogP contribution in [0.25, 0.3) is 11.1 Å². The van der Waals surface area contributed by atoms with Gasteiger partial charge >= 0.3 is 12.1 Å². The average molecular weight is 569 g/mol. The number of rotatable bonds is 10. The molecule has 3 N–H and O–H groups in total. The van der Waals surface area contributed by atoms with Crippen LogP contribution in [0.4, 0.5) is 14.9 Å². The first kappa shape index (κ1) is 28.5. The van der Waals surface area contributed by atoms with Gasteiger partial charge in [-0.1, -0.05) is 84.9 Å². The van der Waals surface area contributed by atoms with Gasteiger partial charge in [-0.25, -0.2) is 14.0 Å². The zero-order valence-corrected chi connectivity index (χ0v) is 22.8. The van der Waals surface area contributed by atoms with Gasteiger partial charge in [-0.15, -0.1) is 0 Å². The number of carboxylic acids is 1. The van der Waals surface area contributed by atoms with Crippen molar-refractivity contribution in [3.8, 4) is 11.1 Å². The molecule has 0 aliphatic heterocycles. The number of benzene rings is 4. The van der Waals surface area contributed by atoms with Crippen molar-refractivity contribution in [2.24, 2.45) is 0 Å². The van der Waals surface area contributed by atoms with E-state index in [0.29, 0.717) is 0 Å². The SMILES string of the molecule is C[C@H](OCc1ccccc1)[C@@H](NC(=O)c1cccc(NC(=O)OCC2c3ccccc3-c3ccccc32)c1F)C(=O)O. The molecule has 8 nitrogen and oxygen atoms in total. The lowest BCUT2D eigenvalue weighted by atomic mass is 9.98. The summed E-state index contributed by atoms with van der Waals surface area (Å²) in [6.07, 6.45) is -1.81. The fourth-order valence-electron chi connectivity index (χ4n) is 5.05. The summed E-state index contributed by atoms with van der Waals surface area (Å²) in [6, 6.07) is 27.3. The number of aliphatic carboxylic acids is 1. The number of halogens is 1. The standard InChI is InChI=1S/C33H29FN2O6/c1-20(41-18-21-10-3-2-4-11-21)30(32(38)39)36-31(37)26-16-9-17-28(29(26)34)35-33(40)42-19-27-24-14-7-5-12-22(24)23-13-6-8-15-25(23)27/h2-17,20,27,30H,18-19H2,1H3,(H,35,40)(H,36,37)(H,38,39)/t20-,30+/m0/s1. The third-order valence-electron chi connectivity index (χ3n) is 7.20. The van der Waals surface area contributed by atoms with Crippen molar-refractivity contribution in [1.29, 1.82) is 0 Å². The molecule has 0 heterocycles. The Morgan fingerprint density at radius 1 is 0.857 bits per heavy atom. The zero-order valence-electron chi connectivity index (χ0n) is 22.8. The number of carbonyl (C=O) groups excluding carboxylic acids is 2. The molecule has 0 fully saturated rings. The van der Waals surface area contributed by atoms with E-state index in [1.165, 1.54) is 25.1 Å². The fourth-order valence-corrected chi connectivity index (χ4v) is 5.05. The highest BCUT2D eigenvalue weighted by atomic mass is 19.1. The number of nitrogens with one attached hydrogen (secondary N) is 2. The van der Waals surface area contributed by atoms with Crippen molar-refractivity contribution < 1.29 is 33.4 Å². The van der Waals surface area contributed by atoms with Crippen molar-refractivity contribution in [3.63, 3.8) is 0 Å². The Balaban J connectivity index is 1.22. The van der Waals surface area contributed by atoms with Gasteiger partial charge in [0.05, 0.1) is 24.0 Å². The summed E-state index contributed by atoms with van der Waals surface area (Å²) in [6.45, 7) is 1.67. The van der Waals surface area contributed by atoms with Crippen molar-refractivity contribution >= 4 is 23.7 Å². The topological polar surface area (TPSA) is 114 Å². The molecule has 4 aromatic rings. The highest BCUT2D eigenvalue weighted by Crippen LogP contribution is 2.44. The molecule has 0 radical (unpaired) electrons. The normalized spacial score (nSPS) is 13.4. The first-order valence-corrected chi connectivity index (χ1v) is 13.4. The summed E-state index contributed by atoms with van der Waals surface area (Å²) in [5, 5.41) is 14.4. The largest absolute Gasteiger partial charge is 0.480 e. The number of ether oxygens (including phenoxy) is 2. The lowest BCUT2D eigenvalue weighted by Crippen LogP contribution is -2.48. The van der Waals surface area contributed by atoms with E-state index in [0.717, 1.165) is 27.8 Å². The molecule has 0 aromatic heterocycles. The maximum Gasteiger partial charge on any atom is 0.411 e. The summed E-state index contributed by atoms with van der Waals surface area (Å²) >= 11 is 0. The van der Waals surface area contributed by atoms with E-state index in [-0.39, 0.29) is 24.8 Å². The van der Waals surface area contributed by atoms with Crippen LogP contribution in [0.15, 0.2) is 97.1 Å². The van der Waals surface area contributed by atoms with E-state index in [1.807, 2.05) is 78.9 Å². The second kappa shape index (κ2) is 12.7. The molecule has 1 aliphatic rings. The minimum atomic E-state index is -1.45. The van der Waals surface area contributed by atoms with Crippen LogP contribution in [-0.4, -0.2) is 41.8 Å². The molecule has 214 valence electrons. The average Bonchev–Trinajstić information content (AvgIpc) is 3.32. The van der Waals surface area contributed by atoms with Gasteiger partial charge in [-0.05, 0) is 46.9 Å². The van der Waals surface area contributed by atoms with Crippen LogP contribution >= 0.6 is 0 Å². The minimum Gasteiger partial charge on any atom is -0.480 e. The first-order chi connectivity index (χ1) is 20.3. The Morgan fingerprint density at radius 2 is 1.48 bits per heavy atom. The number of hydrogen-bond acceptors (Lipinski definition) is 5. The fraction of sp³-hybridized carbons (Fsp3) is 0.182. The van der Waals surface area contributed by atoms with Crippen molar-refractivity contribution in [2.75, 3.05) is 11.9 Å². The van der Waals surface area contributed by atoms with Crippen molar-refractivity contribution in [2.45, 2.75) is 31.6 Å². The van der Waals surface area contributed by atoms with Gasteiger partial charge in [0.25, 0.3) is 5.91 Å². The molecule has 0 unspecified atom stereocenters. The molecule has 0 saturated heterocycles. The summed E-state index contributed by atoms with van der Waals surface area (Å²) < 4.78 is 26.5. The highest BCUT2D eigenvalue weighted by Gasteiger charge is 2.31. The predicted octanol–water partition coefficient (Wildman–Crippen LogP) is 5.98. The number of carbonyl (C=O) groups is 3. The van der Waals surface area contributed by atoms with Crippen LogP contribution < -0.4 is 10.6 Å². The highest BCUT2D eigenvalue weighted by molar-refractivity contribution is 5.98. The van der Waals surface area contributed by atoms with Crippen LogP contribution in [-0.2, 0) is 20.9 Å². The maximum absolute atomic E-state index is 15.3. The lowest BCUT2D eigenvalue weighted by molar-refractivity contribution is -0.143. The second-order valence-corrected chi connectivity index (χ2v) is 9.91. The number of fused-ring (bicyclic) bond motifs is 3. The van der Waals surface area contributed by atoms with Crippen LogP contribution in [0.2, 0.25) is 0 Å². The molecular formula is C33H29FN2O6. The third-order valence-corrected chi connectivity index (χ3v) is 7.20. The Labute approximate surface area is 242 Å². The van der Waals surface area contributed by atoms with Crippen molar-refractivity contribution in [3.05, 3.63) is 125 Å². The predicted molar refractivity (Wildman–Crippen MR) is 155 cm³/mol. The lowest BCUT2D eigenvalue weighted by Gasteiger charge is -2.22. The summed E-state index contributed by atoms with van der Waals surface area (Å²) in [7, 11) is 0. The van der Waals surface area contributed by atoms with Crippen LogP contribution in [0.3, 0.4) is 0 Å². The summed E-state index contributed by atoms with van der Waals surface area (Å²) in [5.74, 6) is -3.50. The summed E-state index contributed by atoms with van der Waals surface area (Å²) in [5.41, 5.74) is 4.33. The van der Waals surface area contributed by atoms with E-state index in [4.69, 9.17) is 9.47 Å². The molecular weight excluding hydrogens is 539 g/mol. The van der Waals surface area contributed by atoms with Gasteiger partial charge in [0, 0.05) is 5.92 Å². The Kier molecular flexibility index (Phi) is 8.59. The number of hydrogen-bond donors (Lipinski definition) is 3. The molecule has 9 heteroatoms. The molecule has 2 atom stereocenters. The van der Waals surface area contributed by atoms with Gasteiger partial charge in [0.15, 0.2) is 11.9 Å². The van der Waals surface area contributed by atoms with Gasteiger partial charge in [-0.3, -0.25) is 10.1 Å². The van der Waals surface area contributed by atoms with Crippen molar-refractivity contribution in [1.82, 2.24) is 5.32 Å². The molecule has 1 aliphatic carbocycles. The molecule has 0 spiro atoms. The smallest absolute Gasteiger partial charge is 0.411 e. The second-order valence-electron chi connectivity index (χ2n) is 9.91. The van der Waals surface area contributed by atoms with Gasteiger partial charge < -0.3 is 19.9 Å². The Bertz CT molecular complexity index is 1560. The molecule has 0 bridgehead atoms. The molecule has 42 heavy (non-hydrogen) atoms. The van der Waals surface area contributed by atoms with Gasteiger partial charge in [-0.2, -0.15) is 0 Å². The van der Waals surface area contributed by atoms with Crippen LogP contribution in [0.1, 0.15) is 39.9 Å². The first-order valence-electron chi connectivity index (χ1n) is 13.4. The minimum absolute atomic E-state index is 0.0306. The quantitative estimate of drug-likeness (QED) is 0.217. The third kappa shape index (κ3) is 6.16. The summed E-state index contributed by atoms with van der Waals surface area (Å²) in [4.78, 5) is 37.5. The van der Waals surface area contributed by atoms with E-state index < -0.39 is 41.5 Å². The molecule has 5 rings (SSSR count). The van der Waals surface area contributed by atoms with E-state index >= 15 is 4.39 Å². The number of anilines is 1. The van der Waals surface area contributed by atoms with E-state index in [2.05, 4.69) is 10.6 Å². The zero-order chi connectivity index (χ0) is 29.6. The molecule has 0 saturated carbocycles. The van der Waals surface area contributed by atoms with Crippen LogP contribution in [0.5, 0.6) is 0 Å². The van der Waals surface area contributed by atoms with Crippen LogP contribution in [0, 0.1) is 5.82 Å². The van der Waals surface area contributed by atoms with Gasteiger partial charge in [0.1, 0.15) is 6.61 Å². The number of amides is 2. The van der Waals surface area contributed by atoms with E-state index in [1.54, 1.807) is 0 Å². The maximum atomic E-state index is 15.3. The van der Waals surface area contributed by atoms with Gasteiger partial charge in [0.2, 0.25) is 0 Å². The molecule has 4 aromatic carbocycles. The molecule has 2 amide bonds. The van der Waals surface area contributed by atoms with E-state index in [9.17, 15) is 19.5 Å². The monoisotopic (exact) mass is 568 g/mol. The number of carboxylic acid groups (broad SMARTS) is 1.